The fraction of sp³-hybridized carbons (Fsp3) is 0.611. The minimum absolute atomic E-state index is 0.0202. The summed E-state index contributed by atoms with van der Waals surface area (Å²) in [6.07, 6.45) is 2.13. The number of hydrogen-bond acceptors (Lipinski definition) is 4. The summed E-state index contributed by atoms with van der Waals surface area (Å²) in [6.45, 7) is 4.35. The third kappa shape index (κ3) is 4.61. The van der Waals surface area contributed by atoms with Gasteiger partial charge in [0, 0.05) is 39.3 Å². The van der Waals surface area contributed by atoms with Crippen LogP contribution in [0.5, 0.6) is 5.75 Å². The maximum atomic E-state index is 12.3. The first-order valence-corrected chi connectivity index (χ1v) is 8.72. The third-order valence-electron chi connectivity index (χ3n) is 4.87. The number of ether oxygens (including phenoxy) is 1. The highest BCUT2D eigenvalue weighted by Gasteiger charge is 2.32. The Bertz CT molecular complexity index is 537. The molecule has 1 heterocycles. The van der Waals surface area contributed by atoms with Crippen molar-refractivity contribution < 1.29 is 14.6 Å². The summed E-state index contributed by atoms with van der Waals surface area (Å²) in [7, 11) is 1.64. The smallest absolute Gasteiger partial charge is 0.317 e. The first-order valence-electron chi connectivity index (χ1n) is 8.72. The predicted octanol–water partition coefficient (Wildman–Crippen LogP) is 1.29. The number of aliphatic hydroxyl groups excluding tert-OH is 1. The molecule has 0 spiro atoms. The summed E-state index contributed by atoms with van der Waals surface area (Å²) in [5, 5.41) is 13.0. The van der Waals surface area contributed by atoms with Gasteiger partial charge in [0.1, 0.15) is 5.75 Å². The number of β-amino-alcohol motifs (C(OH)–C–C–N with tert-alkyl or cyclic N) is 1. The van der Waals surface area contributed by atoms with Gasteiger partial charge in [-0.15, -0.1) is 0 Å². The SMILES string of the molecule is COc1ccc(CNC(=O)N2CCN(C[C@H](O)C3CC3)CC2)cc1. The van der Waals surface area contributed by atoms with E-state index in [1.807, 2.05) is 29.2 Å². The third-order valence-corrected chi connectivity index (χ3v) is 4.87. The molecule has 1 saturated carbocycles. The van der Waals surface area contributed by atoms with E-state index in [2.05, 4.69) is 10.2 Å². The summed E-state index contributed by atoms with van der Waals surface area (Å²) in [6, 6.07) is 7.68. The normalized spacial score (nSPS) is 19.8. The van der Waals surface area contributed by atoms with E-state index < -0.39 is 0 Å². The lowest BCUT2D eigenvalue weighted by molar-refractivity contribution is 0.0696. The lowest BCUT2D eigenvalue weighted by atomic mass is 10.2. The zero-order chi connectivity index (χ0) is 16.9. The second-order valence-electron chi connectivity index (χ2n) is 6.70. The van der Waals surface area contributed by atoms with Crippen LogP contribution in [0.2, 0.25) is 0 Å². The minimum Gasteiger partial charge on any atom is -0.497 e. The summed E-state index contributed by atoms with van der Waals surface area (Å²) < 4.78 is 5.13. The van der Waals surface area contributed by atoms with Crippen molar-refractivity contribution in [2.75, 3.05) is 39.8 Å². The Morgan fingerprint density at radius 2 is 1.92 bits per heavy atom. The molecular formula is C18H27N3O3. The van der Waals surface area contributed by atoms with Crippen molar-refractivity contribution in [1.82, 2.24) is 15.1 Å². The number of nitrogens with zero attached hydrogens (tertiary/aromatic N) is 2. The molecule has 3 rings (SSSR count). The lowest BCUT2D eigenvalue weighted by Crippen LogP contribution is -2.53. The topological polar surface area (TPSA) is 65.0 Å². The molecule has 0 aromatic heterocycles. The van der Waals surface area contributed by atoms with Crippen LogP contribution in [-0.2, 0) is 6.54 Å². The van der Waals surface area contributed by atoms with Crippen molar-refractivity contribution in [3.05, 3.63) is 29.8 Å². The van der Waals surface area contributed by atoms with E-state index in [1.54, 1.807) is 7.11 Å². The van der Waals surface area contributed by atoms with Gasteiger partial charge in [-0.05, 0) is 36.5 Å². The van der Waals surface area contributed by atoms with E-state index >= 15 is 0 Å². The molecule has 2 fully saturated rings. The van der Waals surface area contributed by atoms with Gasteiger partial charge < -0.3 is 20.1 Å². The Labute approximate surface area is 143 Å². The summed E-state index contributed by atoms with van der Waals surface area (Å²) in [5.74, 6) is 1.32. The summed E-state index contributed by atoms with van der Waals surface area (Å²) >= 11 is 0. The average molecular weight is 333 g/mol. The van der Waals surface area contributed by atoms with Crippen molar-refractivity contribution in [2.45, 2.75) is 25.5 Å². The molecule has 1 aliphatic heterocycles. The van der Waals surface area contributed by atoms with Crippen LogP contribution in [0.25, 0.3) is 0 Å². The Hall–Kier alpha value is -1.79. The predicted molar refractivity (Wildman–Crippen MR) is 92.0 cm³/mol. The highest BCUT2D eigenvalue weighted by Crippen LogP contribution is 2.32. The molecular weight excluding hydrogens is 306 g/mol. The lowest BCUT2D eigenvalue weighted by Gasteiger charge is -2.35. The van der Waals surface area contributed by atoms with Gasteiger partial charge in [0.05, 0.1) is 13.2 Å². The van der Waals surface area contributed by atoms with Gasteiger partial charge in [-0.3, -0.25) is 4.90 Å². The van der Waals surface area contributed by atoms with Crippen LogP contribution in [0.1, 0.15) is 18.4 Å². The van der Waals surface area contributed by atoms with Crippen LogP contribution in [-0.4, -0.2) is 66.9 Å². The van der Waals surface area contributed by atoms with Gasteiger partial charge in [-0.25, -0.2) is 4.79 Å². The Morgan fingerprint density at radius 1 is 1.25 bits per heavy atom. The number of nitrogens with one attached hydrogen (secondary N) is 1. The van der Waals surface area contributed by atoms with Crippen molar-refractivity contribution in [3.8, 4) is 5.75 Å². The van der Waals surface area contributed by atoms with Gasteiger partial charge in [-0.1, -0.05) is 12.1 Å². The molecule has 1 saturated heterocycles. The largest absolute Gasteiger partial charge is 0.497 e. The van der Waals surface area contributed by atoms with E-state index in [-0.39, 0.29) is 12.1 Å². The Morgan fingerprint density at radius 3 is 2.50 bits per heavy atom. The minimum atomic E-state index is -0.194. The first kappa shape index (κ1) is 17.0. The highest BCUT2D eigenvalue weighted by atomic mass is 16.5. The van der Waals surface area contributed by atoms with Crippen LogP contribution < -0.4 is 10.1 Å². The van der Waals surface area contributed by atoms with Gasteiger partial charge in [0.2, 0.25) is 0 Å². The molecule has 1 atom stereocenters. The number of amides is 2. The summed E-state index contributed by atoms with van der Waals surface area (Å²) in [5.41, 5.74) is 1.05. The molecule has 2 aliphatic rings. The fourth-order valence-electron chi connectivity index (χ4n) is 3.06. The number of urea groups is 1. The molecule has 2 N–H and O–H groups in total. The van der Waals surface area contributed by atoms with Crippen LogP contribution in [0.4, 0.5) is 4.79 Å². The molecule has 0 radical (unpaired) electrons. The monoisotopic (exact) mass is 333 g/mol. The van der Waals surface area contributed by atoms with E-state index in [9.17, 15) is 9.90 Å². The van der Waals surface area contributed by atoms with E-state index in [0.717, 1.165) is 43.8 Å². The Balaban J connectivity index is 1.38. The number of hydrogen-bond donors (Lipinski definition) is 2. The average Bonchev–Trinajstić information content (AvgIpc) is 3.46. The zero-order valence-electron chi connectivity index (χ0n) is 14.3. The molecule has 0 unspecified atom stereocenters. The van der Waals surface area contributed by atoms with Crippen LogP contribution >= 0.6 is 0 Å². The van der Waals surface area contributed by atoms with E-state index in [1.165, 1.54) is 0 Å². The molecule has 0 bridgehead atoms. The van der Waals surface area contributed by atoms with E-state index in [0.29, 0.717) is 25.6 Å². The second kappa shape index (κ2) is 7.85. The highest BCUT2D eigenvalue weighted by molar-refractivity contribution is 5.74. The molecule has 1 aliphatic carbocycles. The number of carbonyl (C=O) groups excluding carboxylic acids is 1. The maximum Gasteiger partial charge on any atom is 0.317 e. The van der Waals surface area contributed by atoms with E-state index in [4.69, 9.17) is 4.74 Å². The van der Waals surface area contributed by atoms with Crippen molar-refractivity contribution in [2.24, 2.45) is 5.92 Å². The molecule has 2 amide bonds. The van der Waals surface area contributed by atoms with Crippen LogP contribution in [0, 0.1) is 5.92 Å². The molecule has 1 aromatic rings. The Kier molecular flexibility index (Phi) is 5.58. The maximum absolute atomic E-state index is 12.3. The molecule has 6 nitrogen and oxygen atoms in total. The van der Waals surface area contributed by atoms with Crippen LogP contribution in [0.15, 0.2) is 24.3 Å². The molecule has 6 heteroatoms. The molecule has 1 aromatic carbocycles. The number of methoxy groups -OCH3 is 1. The number of rotatable bonds is 6. The van der Waals surface area contributed by atoms with Crippen molar-refractivity contribution >= 4 is 6.03 Å². The van der Waals surface area contributed by atoms with Gasteiger partial charge in [-0.2, -0.15) is 0 Å². The second-order valence-corrected chi connectivity index (χ2v) is 6.70. The standard InChI is InChI=1S/C18H27N3O3/c1-24-16-6-2-14(3-7-16)12-19-18(23)21-10-8-20(9-11-21)13-17(22)15-4-5-15/h2-3,6-7,15,17,22H,4-5,8-13H2,1H3,(H,19,23)/t17-/m0/s1. The van der Waals surface area contributed by atoms with Crippen molar-refractivity contribution in [1.29, 1.82) is 0 Å². The van der Waals surface area contributed by atoms with Gasteiger partial charge >= 0.3 is 6.03 Å². The first-order chi connectivity index (χ1) is 11.7. The number of carbonyl (C=O) groups is 1. The quantitative estimate of drug-likeness (QED) is 0.823. The molecule has 132 valence electrons. The van der Waals surface area contributed by atoms with Gasteiger partial charge in [0.25, 0.3) is 0 Å². The van der Waals surface area contributed by atoms with Crippen LogP contribution in [0.3, 0.4) is 0 Å². The number of piperazine rings is 1. The zero-order valence-corrected chi connectivity index (χ0v) is 14.3. The fourth-order valence-corrected chi connectivity index (χ4v) is 3.06. The molecule has 24 heavy (non-hydrogen) atoms. The number of benzene rings is 1. The van der Waals surface area contributed by atoms with Gasteiger partial charge in [0.15, 0.2) is 0 Å². The number of aliphatic hydroxyl groups is 1. The van der Waals surface area contributed by atoms with Crippen molar-refractivity contribution in [3.63, 3.8) is 0 Å². The summed E-state index contributed by atoms with van der Waals surface area (Å²) in [4.78, 5) is 16.4.